The number of carboxylic acids is 1. The van der Waals surface area contributed by atoms with Gasteiger partial charge < -0.3 is 10.4 Å². The maximum absolute atomic E-state index is 11.2. The molecule has 0 spiro atoms. The summed E-state index contributed by atoms with van der Waals surface area (Å²) in [7, 11) is 0. The zero-order valence-electron chi connectivity index (χ0n) is 7.01. The fourth-order valence-electron chi connectivity index (χ4n) is 1.28. The molecule has 76 valence electrons. The summed E-state index contributed by atoms with van der Waals surface area (Å²) >= 11 is 0. The lowest BCUT2D eigenvalue weighted by Crippen LogP contribution is -2.48. The smallest absolute Gasteiger partial charge is 0.327 e. The Morgan fingerprint density at radius 1 is 1.71 bits per heavy atom. The van der Waals surface area contributed by atoms with Gasteiger partial charge in [-0.15, -0.1) is 12.4 Å². The van der Waals surface area contributed by atoms with Crippen molar-refractivity contribution < 1.29 is 14.7 Å². The number of carboxylic acid groups (broad SMARTS) is 1. The summed E-state index contributed by atoms with van der Waals surface area (Å²) in [6.07, 6.45) is 3.14. The minimum atomic E-state index is -1.03. The van der Waals surface area contributed by atoms with E-state index < -0.39 is 18.0 Å². The minimum Gasteiger partial charge on any atom is -0.480 e. The average Bonchev–Trinajstić information content (AvgIpc) is 2.51. The zero-order valence-corrected chi connectivity index (χ0v) is 7.82. The van der Waals surface area contributed by atoms with E-state index in [0.717, 1.165) is 0 Å². The first-order valence-electron chi connectivity index (χ1n) is 3.73. The number of imidazole rings is 1. The summed E-state index contributed by atoms with van der Waals surface area (Å²) in [5, 5.41) is 11.0. The lowest BCUT2D eigenvalue weighted by Gasteiger charge is -2.20. The molecule has 0 saturated heterocycles. The van der Waals surface area contributed by atoms with Crippen LogP contribution in [0.5, 0.6) is 0 Å². The van der Waals surface area contributed by atoms with E-state index in [0.29, 0.717) is 5.69 Å². The Balaban J connectivity index is 0.000000980. The number of hydrogen-bond acceptors (Lipinski definition) is 3. The van der Waals surface area contributed by atoms with Crippen LogP contribution in [0.4, 0.5) is 4.79 Å². The van der Waals surface area contributed by atoms with Gasteiger partial charge in [-0.2, -0.15) is 0 Å². The first kappa shape index (κ1) is 10.5. The third kappa shape index (κ3) is 1.56. The number of aromatic nitrogens is 2. The van der Waals surface area contributed by atoms with Gasteiger partial charge in [-0.25, -0.2) is 14.6 Å². The normalized spacial score (nSPS) is 19.1. The number of carbonyl (C=O) groups excluding carboxylic acids is 1. The third-order valence-corrected chi connectivity index (χ3v) is 1.94. The van der Waals surface area contributed by atoms with Crippen molar-refractivity contribution in [3.05, 3.63) is 18.2 Å². The van der Waals surface area contributed by atoms with Crippen molar-refractivity contribution in [1.29, 1.82) is 0 Å². The molecule has 1 aliphatic rings. The summed E-state index contributed by atoms with van der Waals surface area (Å²) in [6, 6.07) is -1.28. The molecule has 1 amide bonds. The molecular formula is C7H8ClN3O3. The van der Waals surface area contributed by atoms with Gasteiger partial charge in [-0.1, -0.05) is 0 Å². The lowest BCUT2D eigenvalue weighted by atomic mass is 10.1. The fourth-order valence-corrected chi connectivity index (χ4v) is 1.28. The molecule has 1 aromatic heterocycles. The van der Waals surface area contributed by atoms with E-state index in [1.54, 1.807) is 0 Å². The van der Waals surface area contributed by atoms with E-state index in [9.17, 15) is 9.59 Å². The Hall–Kier alpha value is -1.56. The van der Waals surface area contributed by atoms with Gasteiger partial charge in [0.1, 0.15) is 12.4 Å². The molecule has 0 bridgehead atoms. The Bertz CT molecular complexity index is 376. The first-order valence-corrected chi connectivity index (χ1v) is 3.73. The summed E-state index contributed by atoms with van der Waals surface area (Å²) < 4.78 is 1.30. The molecule has 0 saturated carbocycles. The second kappa shape index (κ2) is 3.67. The van der Waals surface area contributed by atoms with Gasteiger partial charge in [0.25, 0.3) is 0 Å². The van der Waals surface area contributed by atoms with Crippen LogP contribution in [0, 0.1) is 0 Å². The van der Waals surface area contributed by atoms with Crippen LogP contribution in [0.15, 0.2) is 12.5 Å². The van der Waals surface area contributed by atoms with Crippen LogP contribution in [0.1, 0.15) is 5.69 Å². The number of rotatable bonds is 1. The highest BCUT2D eigenvalue weighted by Crippen LogP contribution is 2.08. The van der Waals surface area contributed by atoms with E-state index in [4.69, 9.17) is 5.11 Å². The Kier molecular flexibility index (Phi) is 2.76. The molecule has 0 aliphatic carbocycles. The molecule has 0 aromatic carbocycles. The third-order valence-electron chi connectivity index (χ3n) is 1.94. The fraction of sp³-hybridized carbons (Fsp3) is 0.286. The van der Waals surface area contributed by atoms with Crippen LogP contribution in [0.3, 0.4) is 0 Å². The van der Waals surface area contributed by atoms with E-state index in [1.807, 2.05) is 0 Å². The van der Waals surface area contributed by atoms with Crippen molar-refractivity contribution in [2.75, 3.05) is 0 Å². The molecule has 0 radical (unpaired) electrons. The molecule has 7 heteroatoms. The molecule has 14 heavy (non-hydrogen) atoms. The Morgan fingerprint density at radius 3 is 3.07 bits per heavy atom. The highest BCUT2D eigenvalue weighted by molar-refractivity contribution is 5.86. The van der Waals surface area contributed by atoms with Gasteiger partial charge in [0.05, 0.1) is 0 Å². The van der Waals surface area contributed by atoms with Gasteiger partial charge in [0.15, 0.2) is 0 Å². The summed E-state index contributed by atoms with van der Waals surface area (Å²) in [5.74, 6) is -1.03. The average molecular weight is 218 g/mol. The minimum absolute atomic E-state index is 0. The monoisotopic (exact) mass is 217 g/mol. The van der Waals surface area contributed by atoms with Crippen molar-refractivity contribution in [2.45, 2.75) is 12.5 Å². The number of hydrogen-bond donors (Lipinski definition) is 2. The molecule has 0 unspecified atom stereocenters. The molecule has 2 heterocycles. The second-order valence-corrected chi connectivity index (χ2v) is 2.80. The SMILES string of the molecule is Cl.O=C(O)[C@@H]1Cc2cncn2C(=O)N1. The molecule has 1 atom stereocenters. The molecule has 2 N–H and O–H groups in total. The largest absolute Gasteiger partial charge is 0.480 e. The Morgan fingerprint density at radius 2 is 2.43 bits per heavy atom. The second-order valence-electron chi connectivity index (χ2n) is 2.80. The molecule has 2 rings (SSSR count). The van der Waals surface area contributed by atoms with Crippen LogP contribution in [-0.2, 0) is 11.2 Å². The van der Waals surface area contributed by atoms with Crippen molar-refractivity contribution in [2.24, 2.45) is 0 Å². The standard InChI is InChI=1S/C7H7N3O3.ClH/c11-6(12)5-1-4-2-8-3-10(4)7(13)9-5;/h2-3,5H,1H2,(H,9,13)(H,11,12);1H/t5-;/m0./s1. The predicted octanol–water partition coefficient (Wildman–Crippen LogP) is -0.128. The number of halogens is 1. The number of nitrogens with zero attached hydrogens (tertiary/aromatic N) is 2. The molecule has 6 nitrogen and oxygen atoms in total. The van der Waals surface area contributed by atoms with E-state index in [1.165, 1.54) is 17.1 Å². The van der Waals surface area contributed by atoms with Gasteiger partial charge >= 0.3 is 12.0 Å². The van der Waals surface area contributed by atoms with Crippen LogP contribution in [0.25, 0.3) is 0 Å². The van der Waals surface area contributed by atoms with Crippen molar-refractivity contribution >= 4 is 24.4 Å². The number of carbonyl (C=O) groups is 2. The summed E-state index contributed by atoms with van der Waals surface area (Å²) in [6.45, 7) is 0. The van der Waals surface area contributed by atoms with Crippen LogP contribution < -0.4 is 5.32 Å². The van der Waals surface area contributed by atoms with E-state index in [2.05, 4.69) is 10.3 Å². The van der Waals surface area contributed by atoms with Gasteiger partial charge in [0, 0.05) is 18.3 Å². The van der Waals surface area contributed by atoms with Gasteiger partial charge in [0.2, 0.25) is 0 Å². The molecular weight excluding hydrogens is 210 g/mol. The van der Waals surface area contributed by atoms with Crippen molar-refractivity contribution in [3.63, 3.8) is 0 Å². The van der Waals surface area contributed by atoms with Crippen molar-refractivity contribution in [3.8, 4) is 0 Å². The zero-order chi connectivity index (χ0) is 9.42. The highest BCUT2D eigenvalue weighted by Gasteiger charge is 2.28. The first-order chi connectivity index (χ1) is 6.18. The Labute approximate surface area is 85.3 Å². The van der Waals surface area contributed by atoms with Crippen molar-refractivity contribution in [1.82, 2.24) is 14.9 Å². The quantitative estimate of drug-likeness (QED) is 0.687. The van der Waals surface area contributed by atoms with Crippen LogP contribution in [-0.4, -0.2) is 32.7 Å². The van der Waals surface area contributed by atoms with Gasteiger partial charge in [-0.05, 0) is 0 Å². The predicted molar refractivity (Wildman–Crippen MR) is 48.5 cm³/mol. The topological polar surface area (TPSA) is 84.2 Å². The van der Waals surface area contributed by atoms with E-state index >= 15 is 0 Å². The molecule has 1 aromatic rings. The molecule has 1 aliphatic heterocycles. The van der Waals surface area contributed by atoms with Crippen LogP contribution in [0.2, 0.25) is 0 Å². The number of aliphatic carboxylic acids is 1. The summed E-state index contributed by atoms with van der Waals surface area (Å²) in [5.41, 5.74) is 0.621. The maximum Gasteiger partial charge on any atom is 0.327 e. The number of fused-ring (bicyclic) bond motifs is 1. The molecule has 0 fully saturated rings. The van der Waals surface area contributed by atoms with Gasteiger partial charge in [-0.3, -0.25) is 4.57 Å². The lowest BCUT2D eigenvalue weighted by molar-refractivity contribution is -0.139. The number of nitrogens with one attached hydrogen (secondary N) is 1. The number of amides is 1. The van der Waals surface area contributed by atoms with E-state index in [-0.39, 0.29) is 18.8 Å². The highest BCUT2D eigenvalue weighted by atomic mass is 35.5. The maximum atomic E-state index is 11.2. The van der Waals surface area contributed by atoms with Crippen LogP contribution >= 0.6 is 12.4 Å². The summed E-state index contributed by atoms with van der Waals surface area (Å²) in [4.78, 5) is 25.6.